The van der Waals surface area contributed by atoms with Gasteiger partial charge in [0.1, 0.15) is 12.5 Å². The highest BCUT2D eigenvalue weighted by Gasteiger charge is 2.26. The Morgan fingerprint density at radius 1 is 0.966 bits per heavy atom. The van der Waals surface area contributed by atoms with E-state index >= 15 is 0 Å². The molecule has 2 aromatic carbocycles. The third-order valence-corrected chi connectivity index (χ3v) is 5.11. The van der Waals surface area contributed by atoms with Crippen molar-refractivity contribution in [2.24, 2.45) is 0 Å². The standard InChI is InChI=1S/C24H29NO4/c1-2-28-23(27)17-21(26)18-25-15-13-22(14-16-25)29-24(19-9-5-3-6-10-19)20-11-7-4-8-12-20/h3-12,22,24H,2,13-18H2,1H3. The molecule has 0 bridgehead atoms. The maximum Gasteiger partial charge on any atom is 0.313 e. The third kappa shape index (κ3) is 6.51. The van der Waals surface area contributed by atoms with Crippen molar-refractivity contribution in [2.45, 2.75) is 38.4 Å². The predicted molar refractivity (Wildman–Crippen MR) is 112 cm³/mol. The first-order valence-electron chi connectivity index (χ1n) is 10.3. The Balaban J connectivity index is 1.54. The van der Waals surface area contributed by atoms with Crippen LogP contribution < -0.4 is 0 Å². The van der Waals surface area contributed by atoms with Gasteiger partial charge < -0.3 is 9.47 Å². The summed E-state index contributed by atoms with van der Waals surface area (Å²) < 4.78 is 11.4. The maximum atomic E-state index is 12.1. The van der Waals surface area contributed by atoms with E-state index in [1.54, 1.807) is 6.92 Å². The number of hydrogen-bond acceptors (Lipinski definition) is 5. The number of Topliss-reactive ketones (excluding diaryl/α,β-unsaturated/α-hetero) is 1. The average molecular weight is 395 g/mol. The molecular formula is C24H29NO4. The second-order valence-electron chi connectivity index (χ2n) is 7.33. The number of nitrogens with zero attached hydrogens (tertiary/aromatic N) is 1. The Hall–Kier alpha value is -2.50. The highest BCUT2D eigenvalue weighted by atomic mass is 16.5. The number of likely N-dealkylation sites (tertiary alicyclic amines) is 1. The Labute approximate surface area is 172 Å². The molecule has 29 heavy (non-hydrogen) atoms. The average Bonchev–Trinajstić information content (AvgIpc) is 2.74. The predicted octanol–water partition coefficient (Wildman–Crippen LogP) is 3.78. The molecule has 5 heteroatoms. The van der Waals surface area contributed by atoms with Crippen molar-refractivity contribution >= 4 is 11.8 Å². The van der Waals surface area contributed by atoms with Gasteiger partial charge in [-0.05, 0) is 30.9 Å². The van der Waals surface area contributed by atoms with Gasteiger partial charge in [0, 0.05) is 13.1 Å². The van der Waals surface area contributed by atoms with Gasteiger partial charge in [-0.1, -0.05) is 60.7 Å². The smallest absolute Gasteiger partial charge is 0.313 e. The molecular weight excluding hydrogens is 366 g/mol. The Bertz CT molecular complexity index is 730. The third-order valence-electron chi connectivity index (χ3n) is 5.11. The molecule has 0 N–H and O–H groups in total. The molecule has 154 valence electrons. The summed E-state index contributed by atoms with van der Waals surface area (Å²) in [7, 11) is 0. The zero-order chi connectivity index (χ0) is 20.5. The Kier molecular flexibility index (Phi) is 7.96. The van der Waals surface area contributed by atoms with Gasteiger partial charge in [0.15, 0.2) is 5.78 Å². The first kappa shape index (κ1) is 21.2. The fourth-order valence-corrected chi connectivity index (χ4v) is 3.68. The molecule has 0 spiro atoms. The molecule has 0 radical (unpaired) electrons. The molecule has 1 heterocycles. The van der Waals surface area contributed by atoms with Gasteiger partial charge >= 0.3 is 5.97 Å². The highest BCUT2D eigenvalue weighted by Crippen LogP contribution is 2.29. The molecule has 2 aromatic rings. The number of esters is 1. The van der Waals surface area contributed by atoms with Gasteiger partial charge in [-0.3, -0.25) is 14.5 Å². The van der Waals surface area contributed by atoms with E-state index in [0.717, 1.165) is 37.1 Å². The minimum atomic E-state index is -0.440. The van der Waals surface area contributed by atoms with Crippen LogP contribution in [0, 0.1) is 0 Å². The summed E-state index contributed by atoms with van der Waals surface area (Å²) in [5.41, 5.74) is 2.29. The van der Waals surface area contributed by atoms with E-state index in [-0.39, 0.29) is 24.4 Å². The molecule has 0 amide bonds. The molecule has 5 nitrogen and oxygen atoms in total. The van der Waals surface area contributed by atoms with Gasteiger partial charge in [-0.25, -0.2) is 0 Å². The molecule has 0 saturated carbocycles. The molecule has 1 aliphatic heterocycles. The zero-order valence-corrected chi connectivity index (χ0v) is 17.0. The molecule has 0 aliphatic carbocycles. The van der Waals surface area contributed by atoms with Crippen molar-refractivity contribution in [2.75, 3.05) is 26.2 Å². The summed E-state index contributed by atoms with van der Waals surface area (Å²) in [5.74, 6) is -0.529. The van der Waals surface area contributed by atoms with Crippen molar-refractivity contribution < 1.29 is 19.1 Å². The first-order valence-corrected chi connectivity index (χ1v) is 10.3. The monoisotopic (exact) mass is 395 g/mol. The zero-order valence-electron chi connectivity index (χ0n) is 17.0. The molecule has 1 saturated heterocycles. The normalized spacial score (nSPS) is 15.4. The van der Waals surface area contributed by atoms with Gasteiger partial charge in [0.25, 0.3) is 0 Å². The molecule has 0 atom stereocenters. The lowest BCUT2D eigenvalue weighted by Gasteiger charge is -2.33. The van der Waals surface area contributed by atoms with Crippen LogP contribution in [0.5, 0.6) is 0 Å². The number of rotatable bonds is 9. The van der Waals surface area contributed by atoms with E-state index in [9.17, 15) is 9.59 Å². The van der Waals surface area contributed by atoms with Crippen molar-refractivity contribution in [1.29, 1.82) is 0 Å². The van der Waals surface area contributed by atoms with Crippen molar-refractivity contribution in [3.8, 4) is 0 Å². The summed E-state index contributed by atoms with van der Waals surface area (Å²) in [5, 5.41) is 0. The minimum absolute atomic E-state index is 0.0886. The van der Waals surface area contributed by atoms with Crippen LogP contribution in [-0.2, 0) is 19.1 Å². The van der Waals surface area contributed by atoms with E-state index in [2.05, 4.69) is 29.2 Å². The van der Waals surface area contributed by atoms with E-state index in [1.165, 1.54) is 0 Å². The molecule has 0 unspecified atom stereocenters. The Morgan fingerprint density at radius 3 is 2.03 bits per heavy atom. The van der Waals surface area contributed by atoms with Gasteiger partial charge in [0.05, 0.1) is 19.3 Å². The van der Waals surface area contributed by atoms with Crippen LogP contribution in [0.3, 0.4) is 0 Å². The SMILES string of the molecule is CCOC(=O)CC(=O)CN1CCC(OC(c2ccccc2)c2ccccc2)CC1. The van der Waals surface area contributed by atoms with Crippen LogP contribution in [0.4, 0.5) is 0 Å². The number of ether oxygens (including phenoxy) is 2. The Morgan fingerprint density at radius 2 is 1.52 bits per heavy atom. The highest BCUT2D eigenvalue weighted by molar-refractivity contribution is 5.96. The number of carbonyl (C=O) groups excluding carboxylic acids is 2. The van der Waals surface area contributed by atoms with Crippen molar-refractivity contribution in [1.82, 2.24) is 4.90 Å². The van der Waals surface area contributed by atoms with Gasteiger partial charge in [0.2, 0.25) is 0 Å². The maximum absolute atomic E-state index is 12.1. The molecule has 3 rings (SSSR count). The number of carbonyl (C=O) groups is 2. The summed E-state index contributed by atoms with van der Waals surface area (Å²) in [6, 6.07) is 20.6. The van der Waals surface area contributed by atoms with E-state index in [4.69, 9.17) is 9.47 Å². The summed E-state index contributed by atoms with van der Waals surface area (Å²) in [4.78, 5) is 25.6. The van der Waals surface area contributed by atoms with Crippen LogP contribution in [0.1, 0.15) is 43.4 Å². The van der Waals surface area contributed by atoms with Gasteiger partial charge in [-0.2, -0.15) is 0 Å². The second-order valence-corrected chi connectivity index (χ2v) is 7.33. The van der Waals surface area contributed by atoms with E-state index < -0.39 is 5.97 Å². The summed E-state index contributed by atoms with van der Waals surface area (Å²) in [6.45, 7) is 3.92. The van der Waals surface area contributed by atoms with Gasteiger partial charge in [-0.15, -0.1) is 0 Å². The molecule has 1 aliphatic rings. The number of ketones is 1. The lowest BCUT2D eigenvalue weighted by atomic mass is 10.00. The van der Waals surface area contributed by atoms with Crippen LogP contribution >= 0.6 is 0 Å². The van der Waals surface area contributed by atoms with Crippen LogP contribution in [0.15, 0.2) is 60.7 Å². The number of hydrogen-bond donors (Lipinski definition) is 0. The fraction of sp³-hybridized carbons (Fsp3) is 0.417. The van der Waals surface area contributed by atoms with E-state index in [0.29, 0.717) is 13.2 Å². The second kappa shape index (κ2) is 10.9. The number of piperidine rings is 1. The summed E-state index contributed by atoms with van der Waals surface area (Å²) >= 11 is 0. The van der Waals surface area contributed by atoms with Crippen LogP contribution in [0.2, 0.25) is 0 Å². The van der Waals surface area contributed by atoms with Crippen molar-refractivity contribution in [3.05, 3.63) is 71.8 Å². The summed E-state index contributed by atoms with van der Waals surface area (Å²) in [6.07, 6.45) is 1.62. The quantitative estimate of drug-likeness (QED) is 0.478. The number of benzene rings is 2. The fourth-order valence-electron chi connectivity index (χ4n) is 3.68. The van der Waals surface area contributed by atoms with Crippen molar-refractivity contribution in [3.63, 3.8) is 0 Å². The largest absolute Gasteiger partial charge is 0.466 e. The molecule has 1 fully saturated rings. The lowest BCUT2D eigenvalue weighted by Crippen LogP contribution is -2.40. The van der Waals surface area contributed by atoms with E-state index in [1.807, 2.05) is 36.4 Å². The topological polar surface area (TPSA) is 55.8 Å². The molecule has 0 aromatic heterocycles. The van der Waals surface area contributed by atoms with Crippen LogP contribution in [-0.4, -0.2) is 49.0 Å². The minimum Gasteiger partial charge on any atom is -0.466 e. The lowest BCUT2D eigenvalue weighted by molar-refractivity contribution is -0.145. The first-order chi connectivity index (χ1) is 14.2. The van der Waals surface area contributed by atoms with Crippen LogP contribution in [0.25, 0.3) is 0 Å².